The summed E-state index contributed by atoms with van der Waals surface area (Å²) in [6.07, 6.45) is 3.97. The lowest BCUT2D eigenvalue weighted by molar-refractivity contribution is -0.133. The summed E-state index contributed by atoms with van der Waals surface area (Å²) in [6.45, 7) is 1.36. The maximum Gasteiger partial charge on any atom is 0.225 e. The minimum Gasteiger partial charge on any atom is -0.461 e. The molecule has 1 aliphatic heterocycles. The zero-order chi connectivity index (χ0) is 21.2. The maximum absolute atomic E-state index is 12.4. The second-order valence-corrected chi connectivity index (χ2v) is 8.46. The molecule has 5 nitrogen and oxygen atoms in total. The molecule has 2 amide bonds. The molecule has 1 fully saturated rings. The Labute approximate surface area is 182 Å². The number of amides is 2. The van der Waals surface area contributed by atoms with Crippen LogP contribution < -0.4 is 5.32 Å². The van der Waals surface area contributed by atoms with Crippen molar-refractivity contribution in [3.8, 4) is 11.3 Å². The van der Waals surface area contributed by atoms with Gasteiger partial charge in [0.15, 0.2) is 0 Å². The Bertz CT molecular complexity index is 1100. The molecule has 0 saturated heterocycles. The van der Waals surface area contributed by atoms with Crippen molar-refractivity contribution in [3.05, 3.63) is 77.6 Å². The topological polar surface area (TPSA) is 62.6 Å². The fraction of sp³-hybridized carbons (Fsp3) is 0.308. The number of anilines is 1. The third-order valence-corrected chi connectivity index (χ3v) is 6.02. The number of benzene rings is 2. The van der Waals surface area contributed by atoms with Crippen molar-refractivity contribution in [2.45, 2.75) is 38.6 Å². The van der Waals surface area contributed by atoms with E-state index in [4.69, 9.17) is 4.42 Å². The first-order chi connectivity index (χ1) is 15.2. The fourth-order valence-electron chi connectivity index (χ4n) is 4.13. The lowest BCUT2D eigenvalue weighted by Gasteiger charge is -2.26. The van der Waals surface area contributed by atoms with Crippen LogP contribution in [-0.2, 0) is 29.0 Å². The molecule has 31 heavy (non-hydrogen) atoms. The molecular weight excluding hydrogens is 388 g/mol. The molecule has 1 aliphatic carbocycles. The van der Waals surface area contributed by atoms with Gasteiger partial charge in [0.1, 0.15) is 11.5 Å². The number of furan rings is 1. The number of fused-ring (bicyclic) bond motifs is 1. The highest BCUT2D eigenvalue weighted by molar-refractivity contribution is 5.91. The van der Waals surface area contributed by atoms with Gasteiger partial charge in [-0.15, -0.1) is 0 Å². The van der Waals surface area contributed by atoms with Gasteiger partial charge in [-0.05, 0) is 43.0 Å². The summed E-state index contributed by atoms with van der Waals surface area (Å²) in [4.78, 5) is 26.7. The number of rotatable bonds is 6. The summed E-state index contributed by atoms with van der Waals surface area (Å²) in [6, 6.07) is 19.8. The minimum atomic E-state index is -0.00558. The fourth-order valence-corrected chi connectivity index (χ4v) is 4.13. The van der Waals surface area contributed by atoms with Crippen LogP contribution in [0.2, 0.25) is 0 Å². The highest BCUT2D eigenvalue weighted by atomic mass is 16.3. The van der Waals surface area contributed by atoms with Gasteiger partial charge in [-0.1, -0.05) is 42.5 Å². The molecule has 0 bridgehead atoms. The van der Waals surface area contributed by atoms with E-state index in [2.05, 4.69) is 5.32 Å². The lowest BCUT2D eigenvalue weighted by Crippen LogP contribution is -2.36. The van der Waals surface area contributed by atoms with E-state index in [0.717, 1.165) is 59.7 Å². The van der Waals surface area contributed by atoms with E-state index in [1.807, 2.05) is 65.6 Å². The molecule has 1 saturated carbocycles. The highest BCUT2D eigenvalue weighted by Gasteiger charge is 2.35. The Kier molecular flexibility index (Phi) is 5.33. The molecule has 2 aromatic carbocycles. The van der Waals surface area contributed by atoms with Gasteiger partial charge in [0.05, 0.1) is 0 Å². The van der Waals surface area contributed by atoms with Crippen LogP contribution in [0.25, 0.3) is 11.3 Å². The average molecular weight is 415 g/mol. The zero-order valence-corrected chi connectivity index (χ0v) is 17.5. The SMILES string of the molecule is O=C(CCc1ccccc1)Nc1cccc(-c2cc3c(o2)CCN(C(=O)C2CC2)C3)c1. The first-order valence-electron chi connectivity index (χ1n) is 11.0. The smallest absolute Gasteiger partial charge is 0.225 e. The largest absolute Gasteiger partial charge is 0.461 e. The van der Waals surface area contributed by atoms with Gasteiger partial charge in [0.2, 0.25) is 11.8 Å². The van der Waals surface area contributed by atoms with E-state index >= 15 is 0 Å². The number of hydrogen-bond acceptors (Lipinski definition) is 3. The Morgan fingerprint density at radius 3 is 2.68 bits per heavy atom. The van der Waals surface area contributed by atoms with Crippen molar-refractivity contribution < 1.29 is 14.0 Å². The second kappa shape index (κ2) is 8.42. The molecule has 2 heterocycles. The third-order valence-electron chi connectivity index (χ3n) is 6.02. The van der Waals surface area contributed by atoms with Crippen molar-refractivity contribution in [1.29, 1.82) is 0 Å². The van der Waals surface area contributed by atoms with Crippen LogP contribution in [0.3, 0.4) is 0 Å². The summed E-state index contributed by atoms with van der Waals surface area (Å²) in [5, 5.41) is 2.99. The molecule has 1 N–H and O–H groups in total. The van der Waals surface area contributed by atoms with Crippen LogP contribution in [0, 0.1) is 5.92 Å². The third kappa shape index (κ3) is 4.55. The van der Waals surface area contributed by atoms with Crippen LogP contribution in [-0.4, -0.2) is 23.3 Å². The number of nitrogens with zero attached hydrogens (tertiary/aromatic N) is 1. The number of carbonyl (C=O) groups is 2. The molecule has 0 atom stereocenters. The Morgan fingerprint density at radius 1 is 1.03 bits per heavy atom. The Balaban J connectivity index is 1.24. The average Bonchev–Trinajstić information content (AvgIpc) is 3.56. The van der Waals surface area contributed by atoms with Crippen molar-refractivity contribution in [3.63, 3.8) is 0 Å². The van der Waals surface area contributed by atoms with E-state index in [-0.39, 0.29) is 17.7 Å². The first-order valence-corrected chi connectivity index (χ1v) is 11.0. The van der Waals surface area contributed by atoms with E-state index < -0.39 is 0 Å². The van der Waals surface area contributed by atoms with Crippen LogP contribution >= 0.6 is 0 Å². The standard InChI is InChI=1S/C26H26N2O3/c29-25(12-9-18-5-2-1-3-6-18)27-22-8-4-7-20(15-22)24-16-21-17-28(14-13-23(21)31-24)26(30)19-10-11-19/h1-8,15-16,19H,9-14,17H2,(H,27,29). The summed E-state index contributed by atoms with van der Waals surface area (Å²) in [5.41, 5.74) is 3.93. The normalized spacial score (nSPS) is 15.4. The maximum atomic E-state index is 12.4. The predicted molar refractivity (Wildman–Crippen MR) is 119 cm³/mol. The molecular formula is C26H26N2O3. The molecule has 5 heteroatoms. The highest BCUT2D eigenvalue weighted by Crippen LogP contribution is 2.35. The van der Waals surface area contributed by atoms with Crippen molar-refractivity contribution in [1.82, 2.24) is 4.90 Å². The molecule has 1 aromatic heterocycles. The Hall–Kier alpha value is -3.34. The first kappa shape index (κ1) is 19.6. The number of aryl methyl sites for hydroxylation is 1. The molecule has 0 unspecified atom stereocenters. The van der Waals surface area contributed by atoms with Crippen LogP contribution in [0.1, 0.15) is 36.1 Å². The molecule has 2 aliphatic rings. The number of carbonyl (C=O) groups excluding carboxylic acids is 2. The van der Waals surface area contributed by atoms with Crippen molar-refractivity contribution >= 4 is 17.5 Å². The van der Waals surface area contributed by atoms with Crippen molar-refractivity contribution in [2.24, 2.45) is 5.92 Å². The monoisotopic (exact) mass is 414 g/mol. The molecule has 5 rings (SSSR count). The van der Waals surface area contributed by atoms with Gasteiger partial charge >= 0.3 is 0 Å². The molecule has 158 valence electrons. The summed E-state index contributed by atoms with van der Waals surface area (Å²) in [5.74, 6) is 2.27. The quantitative estimate of drug-likeness (QED) is 0.629. The zero-order valence-electron chi connectivity index (χ0n) is 17.5. The summed E-state index contributed by atoms with van der Waals surface area (Å²) in [7, 11) is 0. The molecule has 0 spiro atoms. The number of nitrogens with one attached hydrogen (secondary N) is 1. The molecule has 0 radical (unpaired) electrons. The lowest BCUT2D eigenvalue weighted by atomic mass is 10.1. The van der Waals surface area contributed by atoms with E-state index in [1.165, 1.54) is 0 Å². The predicted octanol–water partition coefficient (Wildman–Crippen LogP) is 4.81. The van der Waals surface area contributed by atoms with E-state index in [0.29, 0.717) is 19.4 Å². The van der Waals surface area contributed by atoms with Crippen LogP contribution in [0.5, 0.6) is 0 Å². The second-order valence-electron chi connectivity index (χ2n) is 8.46. The van der Waals surface area contributed by atoms with Crippen molar-refractivity contribution in [2.75, 3.05) is 11.9 Å². The number of hydrogen-bond donors (Lipinski definition) is 1. The van der Waals surface area contributed by atoms with Crippen LogP contribution in [0.15, 0.2) is 65.1 Å². The van der Waals surface area contributed by atoms with E-state index in [1.54, 1.807) is 0 Å². The van der Waals surface area contributed by atoms with Gasteiger partial charge in [0, 0.05) is 48.7 Å². The van der Waals surface area contributed by atoms with E-state index in [9.17, 15) is 9.59 Å². The van der Waals surface area contributed by atoms with Gasteiger partial charge < -0.3 is 14.6 Å². The molecule has 3 aromatic rings. The minimum absolute atomic E-state index is 0.00558. The van der Waals surface area contributed by atoms with Gasteiger partial charge in [-0.3, -0.25) is 9.59 Å². The summed E-state index contributed by atoms with van der Waals surface area (Å²) >= 11 is 0. The van der Waals surface area contributed by atoms with Gasteiger partial charge in [-0.25, -0.2) is 0 Å². The van der Waals surface area contributed by atoms with Gasteiger partial charge in [-0.2, -0.15) is 0 Å². The Morgan fingerprint density at radius 2 is 1.87 bits per heavy atom. The summed E-state index contributed by atoms with van der Waals surface area (Å²) < 4.78 is 6.11. The van der Waals surface area contributed by atoms with Gasteiger partial charge in [0.25, 0.3) is 0 Å². The van der Waals surface area contributed by atoms with Crippen LogP contribution in [0.4, 0.5) is 5.69 Å².